The van der Waals surface area contributed by atoms with Crippen LogP contribution in [0.4, 0.5) is 4.79 Å². The number of nitrogens with zero attached hydrogens (tertiary/aromatic N) is 1. The van der Waals surface area contributed by atoms with E-state index in [9.17, 15) is 23.1 Å². The van der Waals surface area contributed by atoms with Crippen LogP contribution in [0.3, 0.4) is 0 Å². The van der Waals surface area contributed by atoms with Crippen LogP contribution in [0, 0.1) is 0 Å². The summed E-state index contributed by atoms with van der Waals surface area (Å²) in [5.41, 5.74) is 10.4. The molecule has 0 fully saturated rings. The Morgan fingerprint density at radius 2 is 1.80 bits per heavy atom. The maximum Gasteiger partial charge on any atom is 0.407 e. The zero-order valence-electron chi connectivity index (χ0n) is 16.3. The van der Waals surface area contributed by atoms with Gasteiger partial charge in [-0.1, -0.05) is 18.2 Å². The van der Waals surface area contributed by atoms with Gasteiger partial charge in [0.25, 0.3) is 0 Å². The van der Waals surface area contributed by atoms with E-state index in [1.807, 2.05) is 4.72 Å². The van der Waals surface area contributed by atoms with E-state index in [1.165, 1.54) is 24.3 Å². The number of rotatable bonds is 14. The molecule has 30 heavy (non-hydrogen) atoms. The van der Waals surface area contributed by atoms with Crippen LogP contribution >= 0.6 is 0 Å². The number of carboxylic acids is 1. The molecule has 12 nitrogen and oxygen atoms in total. The number of benzene rings is 1. The Kier molecular flexibility index (Phi) is 11.2. The molecule has 1 amide bonds. The van der Waals surface area contributed by atoms with Crippen molar-refractivity contribution in [1.29, 1.82) is 0 Å². The highest BCUT2D eigenvalue weighted by Gasteiger charge is 2.25. The minimum absolute atomic E-state index is 0.0355. The number of nitrogens with two attached hydrogens (primary N) is 2. The standard InChI is InChI=1S/C17H27N5O7S/c18-16(19)20-8-4-5-9-28-10-11-29-17(25)21-12-14(15(23)24)22-30(26,27)13-6-2-1-3-7-13/h1-3,6-7,14,22H,4-5,8-12H2,(H,21,25)(H,23,24)(H4,18,19,20). The average Bonchev–Trinajstić information content (AvgIpc) is 2.70. The van der Waals surface area contributed by atoms with Crippen LogP contribution in [0.25, 0.3) is 0 Å². The summed E-state index contributed by atoms with van der Waals surface area (Å²) in [6, 6.07) is 5.72. The largest absolute Gasteiger partial charge is 0.480 e. The number of carboxylic acid groups (broad SMARTS) is 1. The van der Waals surface area contributed by atoms with Gasteiger partial charge in [-0.05, 0) is 25.0 Å². The Bertz CT molecular complexity index is 798. The summed E-state index contributed by atoms with van der Waals surface area (Å²) < 4.78 is 36.6. The molecule has 13 heteroatoms. The van der Waals surface area contributed by atoms with Gasteiger partial charge in [0, 0.05) is 19.7 Å². The lowest BCUT2D eigenvalue weighted by Crippen LogP contribution is -2.48. The second-order valence-electron chi connectivity index (χ2n) is 5.97. The van der Waals surface area contributed by atoms with E-state index in [0.29, 0.717) is 13.2 Å². The summed E-state index contributed by atoms with van der Waals surface area (Å²) in [6.07, 6.45) is 0.580. The highest BCUT2D eigenvalue weighted by atomic mass is 32.2. The number of sulfonamides is 1. The molecule has 0 saturated carbocycles. The topological polar surface area (TPSA) is 195 Å². The molecular weight excluding hydrogens is 418 g/mol. The first kappa shape index (κ1) is 25.1. The third kappa shape index (κ3) is 10.6. The number of aliphatic imine (C=N–C) groups is 1. The van der Waals surface area contributed by atoms with Gasteiger partial charge in [-0.15, -0.1) is 0 Å². The van der Waals surface area contributed by atoms with E-state index >= 15 is 0 Å². The molecule has 1 aromatic rings. The van der Waals surface area contributed by atoms with E-state index in [2.05, 4.69) is 10.3 Å². The van der Waals surface area contributed by atoms with Gasteiger partial charge in [-0.2, -0.15) is 4.72 Å². The smallest absolute Gasteiger partial charge is 0.407 e. The Balaban J connectivity index is 2.27. The molecular formula is C17H27N5O7S. The third-order valence-corrected chi connectivity index (χ3v) is 5.04. The summed E-state index contributed by atoms with van der Waals surface area (Å²) in [7, 11) is -4.06. The number of hydrogen-bond donors (Lipinski definition) is 5. The third-order valence-electron chi connectivity index (χ3n) is 3.55. The summed E-state index contributed by atoms with van der Waals surface area (Å²) >= 11 is 0. The number of nitrogens with one attached hydrogen (secondary N) is 2. The van der Waals surface area contributed by atoms with Crippen LogP contribution in [0.5, 0.6) is 0 Å². The summed E-state index contributed by atoms with van der Waals surface area (Å²) in [4.78, 5) is 26.7. The van der Waals surface area contributed by atoms with Crippen LogP contribution in [0.2, 0.25) is 0 Å². The highest BCUT2D eigenvalue weighted by molar-refractivity contribution is 7.89. The summed E-state index contributed by atoms with van der Waals surface area (Å²) in [5, 5.41) is 11.4. The van der Waals surface area contributed by atoms with Crippen molar-refractivity contribution < 1.29 is 32.6 Å². The predicted octanol–water partition coefficient (Wildman–Crippen LogP) is -0.785. The van der Waals surface area contributed by atoms with Crippen LogP contribution in [-0.2, 0) is 24.3 Å². The van der Waals surface area contributed by atoms with E-state index in [1.54, 1.807) is 6.07 Å². The first-order valence-corrected chi connectivity index (χ1v) is 10.5. The van der Waals surface area contributed by atoms with Crippen LogP contribution < -0.4 is 21.5 Å². The van der Waals surface area contributed by atoms with Crippen molar-refractivity contribution >= 4 is 28.0 Å². The molecule has 0 aromatic heterocycles. The number of carbonyl (C=O) groups is 2. The fourth-order valence-electron chi connectivity index (χ4n) is 2.09. The number of amides is 1. The number of hydrogen-bond acceptors (Lipinski definition) is 7. The van der Waals surface area contributed by atoms with Gasteiger partial charge in [-0.25, -0.2) is 13.2 Å². The second kappa shape index (κ2) is 13.3. The summed E-state index contributed by atoms with van der Waals surface area (Å²) in [6.45, 7) is 0.550. The van der Waals surface area contributed by atoms with Crippen molar-refractivity contribution in [2.45, 2.75) is 23.8 Å². The van der Waals surface area contributed by atoms with Crippen molar-refractivity contribution in [3.8, 4) is 0 Å². The zero-order valence-corrected chi connectivity index (χ0v) is 17.1. The second-order valence-corrected chi connectivity index (χ2v) is 7.68. The Morgan fingerprint density at radius 3 is 2.43 bits per heavy atom. The molecule has 0 aliphatic carbocycles. The lowest BCUT2D eigenvalue weighted by molar-refractivity contribution is -0.138. The number of alkyl carbamates (subject to hydrolysis) is 1. The number of aliphatic carboxylic acids is 1. The molecule has 0 saturated heterocycles. The zero-order chi connectivity index (χ0) is 22.4. The minimum Gasteiger partial charge on any atom is -0.480 e. The van der Waals surface area contributed by atoms with Gasteiger partial charge < -0.3 is 31.4 Å². The van der Waals surface area contributed by atoms with Gasteiger partial charge in [0.15, 0.2) is 5.96 Å². The quantitative estimate of drug-likeness (QED) is 0.138. The molecule has 168 valence electrons. The molecule has 0 heterocycles. The van der Waals surface area contributed by atoms with Crippen molar-refractivity contribution in [2.24, 2.45) is 16.5 Å². The molecule has 7 N–H and O–H groups in total. The normalized spacial score (nSPS) is 12.0. The monoisotopic (exact) mass is 445 g/mol. The maximum atomic E-state index is 12.2. The molecule has 0 radical (unpaired) electrons. The van der Waals surface area contributed by atoms with E-state index < -0.39 is 34.7 Å². The number of unbranched alkanes of at least 4 members (excludes halogenated alkanes) is 1. The van der Waals surface area contributed by atoms with E-state index in [0.717, 1.165) is 12.8 Å². The SMILES string of the molecule is NC(N)=NCCCCOCCOC(=O)NCC(NS(=O)(=O)c1ccccc1)C(=O)O. The fraction of sp³-hybridized carbons (Fsp3) is 0.471. The van der Waals surface area contributed by atoms with Crippen LogP contribution in [0.1, 0.15) is 12.8 Å². The molecule has 0 aliphatic rings. The van der Waals surface area contributed by atoms with E-state index in [-0.39, 0.29) is 24.1 Å². The van der Waals surface area contributed by atoms with Crippen molar-refractivity contribution in [3.63, 3.8) is 0 Å². The molecule has 0 bridgehead atoms. The molecule has 0 spiro atoms. The highest BCUT2D eigenvalue weighted by Crippen LogP contribution is 2.08. The predicted molar refractivity (Wildman–Crippen MR) is 108 cm³/mol. The lowest BCUT2D eigenvalue weighted by atomic mass is 10.3. The molecule has 1 atom stereocenters. The number of carbonyl (C=O) groups excluding carboxylic acids is 1. The maximum absolute atomic E-state index is 12.2. The average molecular weight is 445 g/mol. The Morgan fingerprint density at radius 1 is 1.10 bits per heavy atom. The molecule has 1 unspecified atom stereocenters. The minimum atomic E-state index is -4.06. The van der Waals surface area contributed by atoms with Gasteiger partial charge >= 0.3 is 12.1 Å². The molecule has 0 aliphatic heterocycles. The first-order valence-electron chi connectivity index (χ1n) is 9.06. The summed E-state index contributed by atoms with van der Waals surface area (Å²) in [5.74, 6) is -1.41. The van der Waals surface area contributed by atoms with Gasteiger partial charge in [0.2, 0.25) is 10.0 Å². The van der Waals surface area contributed by atoms with Crippen LogP contribution in [0.15, 0.2) is 40.2 Å². The van der Waals surface area contributed by atoms with Gasteiger partial charge in [-0.3, -0.25) is 9.79 Å². The van der Waals surface area contributed by atoms with Gasteiger partial charge in [0.05, 0.1) is 11.5 Å². The Hall–Kier alpha value is -2.90. The van der Waals surface area contributed by atoms with Crippen molar-refractivity contribution in [3.05, 3.63) is 30.3 Å². The van der Waals surface area contributed by atoms with Crippen LogP contribution in [-0.4, -0.2) is 70.5 Å². The molecule has 1 aromatic carbocycles. The van der Waals surface area contributed by atoms with Crippen molar-refractivity contribution in [1.82, 2.24) is 10.0 Å². The lowest BCUT2D eigenvalue weighted by Gasteiger charge is -2.15. The molecule has 1 rings (SSSR count). The Labute approximate surface area is 174 Å². The van der Waals surface area contributed by atoms with Crippen molar-refractivity contribution in [2.75, 3.05) is 32.9 Å². The fourth-order valence-corrected chi connectivity index (χ4v) is 3.30. The van der Waals surface area contributed by atoms with E-state index in [4.69, 9.17) is 20.9 Å². The first-order chi connectivity index (χ1) is 14.2. The number of ether oxygens (including phenoxy) is 2. The number of guanidine groups is 1. The van der Waals surface area contributed by atoms with Gasteiger partial charge in [0.1, 0.15) is 12.6 Å².